The molecular weight excluding hydrogens is 356 g/mol. The van der Waals surface area contributed by atoms with E-state index < -0.39 is 35.9 Å². The van der Waals surface area contributed by atoms with E-state index in [-0.39, 0.29) is 30.6 Å². The fourth-order valence-corrected chi connectivity index (χ4v) is 5.40. The minimum Gasteiger partial charge on any atom is -0.481 e. The summed E-state index contributed by atoms with van der Waals surface area (Å²) in [5, 5.41) is 8.76. The molecule has 8 atom stereocenters. The van der Waals surface area contributed by atoms with Gasteiger partial charge < -0.3 is 19.3 Å². The fourth-order valence-electron chi connectivity index (χ4n) is 5.40. The molecule has 5 fully saturated rings. The van der Waals surface area contributed by atoms with Crippen LogP contribution in [0.2, 0.25) is 0 Å². The van der Waals surface area contributed by atoms with Gasteiger partial charge in [-0.25, -0.2) is 9.78 Å². The molecule has 2 bridgehead atoms. The Balaban J connectivity index is 1.58. The molecule has 8 nitrogen and oxygen atoms in total. The van der Waals surface area contributed by atoms with Crippen molar-refractivity contribution < 1.29 is 38.7 Å². The molecule has 4 saturated heterocycles. The average molecular weight is 384 g/mol. The number of ether oxygens (including phenoxy) is 3. The number of esters is 1. The van der Waals surface area contributed by atoms with Crippen molar-refractivity contribution in [3.8, 4) is 0 Å². The highest BCUT2D eigenvalue weighted by molar-refractivity contribution is 5.76. The van der Waals surface area contributed by atoms with Gasteiger partial charge in [0.2, 0.25) is 12.1 Å². The van der Waals surface area contributed by atoms with Crippen molar-refractivity contribution in [2.75, 3.05) is 0 Å². The summed E-state index contributed by atoms with van der Waals surface area (Å²) in [7, 11) is 0. The largest absolute Gasteiger partial charge is 0.481 e. The standard InChI is InChI=1S/C19H28O8/c1-10-4-5-13-11(2)16(23-15(22)7-6-14(20)21)24-17-19(13)12(10)8-9-18(3,25-17)26-27-19/h10-13,16-17H,4-9H2,1-3H3,(H,20,21)/t10?,11-,12?,13?,16?,17?,18+,19?/m1/s1. The van der Waals surface area contributed by atoms with Gasteiger partial charge in [0.05, 0.1) is 12.8 Å². The summed E-state index contributed by atoms with van der Waals surface area (Å²) >= 11 is 0. The lowest BCUT2D eigenvalue weighted by atomic mass is 9.58. The van der Waals surface area contributed by atoms with E-state index in [0.29, 0.717) is 12.3 Å². The summed E-state index contributed by atoms with van der Waals surface area (Å²) in [5.41, 5.74) is -0.697. The third-order valence-electron chi connectivity index (χ3n) is 6.89. The maximum atomic E-state index is 12.1. The van der Waals surface area contributed by atoms with E-state index in [9.17, 15) is 9.59 Å². The van der Waals surface area contributed by atoms with E-state index in [2.05, 4.69) is 6.92 Å². The first-order valence-corrected chi connectivity index (χ1v) is 9.86. The molecule has 0 aromatic carbocycles. The van der Waals surface area contributed by atoms with Crippen molar-refractivity contribution in [1.29, 1.82) is 0 Å². The minimum atomic E-state index is -1.03. The van der Waals surface area contributed by atoms with Gasteiger partial charge in [0.25, 0.3) is 0 Å². The van der Waals surface area contributed by atoms with Crippen LogP contribution in [0.5, 0.6) is 0 Å². The normalized spacial score (nSPS) is 48.4. The van der Waals surface area contributed by atoms with E-state index in [1.54, 1.807) is 0 Å². The second-order valence-corrected chi connectivity index (χ2v) is 8.66. The molecule has 8 heteroatoms. The van der Waals surface area contributed by atoms with Gasteiger partial charge in [-0.05, 0) is 38.0 Å². The predicted molar refractivity (Wildman–Crippen MR) is 89.8 cm³/mol. The van der Waals surface area contributed by atoms with E-state index in [4.69, 9.17) is 29.1 Å². The molecule has 4 aliphatic heterocycles. The number of fused-ring (bicyclic) bond motifs is 2. The molecule has 0 radical (unpaired) electrons. The molecule has 0 aromatic rings. The first kappa shape index (κ1) is 19.1. The lowest BCUT2D eigenvalue weighted by Crippen LogP contribution is -2.70. The minimum absolute atomic E-state index is 0.0670. The van der Waals surface area contributed by atoms with Crippen LogP contribution in [-0.2, 0) is 33.6 Å². The molecule has 6 unspecified atom stereocenters. The van der Waals surface area contributed by atoms with Crippen molar-refractivity contribution in [2.45, 2.75) is 83.3 Å². The average Bonchev–Trinajstić information content (AvgIpc) is 2.84. The van der Waals surface area contributed by atoms with Crippen molar-refractivity contribution >= 4 is 11.9 Å². The first-order chi connectivity index (χ1) is 12.7. The number of carbonyl (C=O) groups is 2. The zero-order valence-corrected chi connectivity index (χ0v) is 16.0. The number of hydrogen-bond acceptors (Lipinski definition) is 7. The highest BCUT2D eigenvalue weighted by atomic mass is 17.3. The lowest BCUT2D eigenvalue weighted by Gasteiger charge is -2.59. The van der Waals surface area contributed by atoms with E-state index >= 15 is 0 Å². The highest BCUT2D eigenvalue weighted by Crippen LogP contribution is 2.60. The zero-order chi connectivity index (χ0) is 19.4. The Morgan fingerprint density at radius 3 is 2.63 bits per heavy atom. The number of carboxylic acid groups (broad SMARTS) is 1. The van der Waals surface area contributed by atoms with Gasteiger partial charge in [0.1, 0.15) is 0 Å². The van der Waals surface area contributed by atoms with Gasteiger partial charge in [0, 0.05) is 18.3 Å². The SMILES string of the molecule is CC1CCC2[C@@H](C)C(OC(=O)CCC(=O)O)OC3O[C@]4(C)CCC1C32OO4. The second kappa shape index (κ2) is 6.69. The topological polar surface area (TPSA) is 101 Å². The zero-order valence-electron chi connectivity index (χ0n) is 16.0. The molecule has 5 rings (SSSR count). The molecular formula is C19H28O8. The number of carbonyl (C=O) groups excluding carboxylic acids is 1. The van der Waals surface area contributed by atoms with Gasteiger partial charge in [-0.2, -0.15) is 0 Å². The van der Waals surface area contributed by atoms with Gasteiger partial charge in [0.15, 0.2) is 11.9 Å². The van der Waals surface area contributed by atoms with Gasteiger partial charge in [-0.1, -0.05) is 13.8 Å². The van der Waals surface area contributed by atoms with E-state index in [1.165, 1.54) is 0 Å². The molecule has 0 aromatic heterocycles. The predicted octanol–water partition coefficient (Wildman–Crippen LogP) is 2.60. The van der Waals surface area contributed by atoms with Crippen LogP contribution in [0.15, 0.2) is 0 Å². The third-order valence-corrected chi connectivity index (χ3v) is 6.89. The maximum absolute atomic E-state index is 12.1. The van der Waals surface area contributed by atoms with Crippen LogP contribution in [0.4, 0.5) is 0 Å². The molecule has 1 saturated carbocycles. The summed E-state index contributed by atoms with van der Waals surface area (Å²) in [5.74, 6) is -1.82. The lowest BCUT2D eigenvalue weighted by molar-refractivity contribution is -0.576. The molecule has 27 heavy (non-hydrogen) atoms. The van der Waals surface area contributed by atoms with Crippen LogP contribution in [0.3, 0.4) is 0 Å². The molecule has 5 aliphatic rings. The summed E-state index contributed by atoms with van der Waals surface area (Å²) in [6.07, 6.45) is 1.72. The highest BCUT2D eigenvalue weighted by Gasteiger charge is 2.69. The van der Waals surface area contributed by atoms with E-state index in [1.807, 2.05) is 13.8 Å². The summed E-state index contributed by atoms with van der Waals surface area (Å²) < 4.78 is 17.8. The summed E-state index contributed by atoms with van der Waals surface area (Å²) in [4.78, 5) is 34.5. The third kappa shape index (κ3) is 3.06. The van der Waals surface area contributed by atoms with Crippen molar-refractivity contribution in [2.24, 2.45) is 23.7 Å². The molecule has 0 amide bonds. The Morgan fingerprint density at radius 1 is 1.11 bits per heavy atom. The van der Waals surface area contributed by atoms with Crippen LogP contribution in [0.1, 0.15) is 59.3 Å². The molecule has 152 valence electrons. The summed E-state index contributed by atoms with van der Waals surface area (Å²) in [6.45, 7) is 6.06. The van der Waals surface area contributed by atoms with Crippen molar-refractivity contribution in [3.63, 3.8) is 0 Å². The summed E-state index contributed by atoms with van der Waals surface area (Å²) in [6, 6.07) is 0. The smallest absolute Gasteiger partial charge is 0.308 e. The van der Waals surface area contributed by atoms with Gasteiger partial charge in [-0.3, -0.25) is 9.59 Å². The van der Waals surface area contributed by atoms with Crippen molar-refractivity contribution in [1.82, 2.24) is 0 Å². The van der Waals surface area contributed by atoms with Gasteiger partial charge >= 0.3 is 11.9 Å². The Labute approximate surface area is 158 Å². The maximum Gasteiger partial charge on any atom is 0.308 e. The number of aliphatic carboxylic acids is 1. The fraction of sp³-hybridized carbons (Fsp3) is 0.895. The second-order valence-electron chi connectivity index (χ2n) is 8.66. The van der Waals surface area contributed by atoms with Gasteiger partial charge in [-0.15, -0.1) is 0 Å². The van der Waals surface area contributed by atoms with Crippen LogP contribution in [-0.4, -0.2) is 41.0 Å². The molecule has 4 heterocycles. The quantitative estimate of drug-likeness (QED) is 0.583. The Hall–Kier alpha value is -1.22. The Morgan fingerprint density at radius 2 is 1.89 bits per heavy atom. The first-order valence-electron chi connectivity index (χ1n) is 9.86. The van der Waals surface area contributed by atoms with Crippen molar-refractivity contribution in [3.05, 3.63) is 0 Å². The monoisotopic (exact) mass is 384 g/mol. The molecule has 1 aliphatic carbocycles. The Kier molecular flexibility index (Phi) is 4.73. The van der Waals surface area contributed by atoms with Crippen LogP contribution in [0, 0.1) is 23.7 Å². The van der Waals surface area contributed by atoms with Crippen LogP contribution < -0.4 is 0 Å². The molecule has 1 spiro atoms. The van der Waals surface area contributed by atoms with Crippen LogP contribution >= 0.6 is 0 Å². The molecule has 1 N–H and O–H groups in total. The number of carboxylic acids is 1. The Bertz CT molecular complexity index is 623. The number of rotatable bonds is 4. The van der Waals surface area contributed by atoms with E-state index in [0.717, 1.165) is 19.3 Å². The van der Waals surface area contributed by atoms with Crippen LogP contribution in [0.25, 0.3) is 0 Å². The number of hydrogen-bond donors (Lipinski definition) is 1.